The van der Waals surface area contributed by atoms with Crippen LogP contribution in [0.3, 0.4) is 0 Å². The van der Waals surface area contributed by atoms with Crippen molar-refractivity contribution in [3.63, 3.8) is 0 Å². The van der Waals surface area contributed by atoms with E-state index in [9.17, 15) is 9.90 Å². The molecule has 2 N–H and O–H groups in total. The molecule has 1 unspecified atom stereocenters. The second-order valence-corrected chi connectivity index (χ2v) is 12.7. The summed E-state index contributed by atoms with van der Waals surface area (Å²) in [7, 11) is 3.53. The van der Waals surface area contributed by atoms with Crippen molar-refractivity contribution >= 4 is 11.8 Å². The lowest BCUT2D eigenvalue weighted by Crippen LogP contribution is -2.38. The average molecular weight is 583 g/mol. The molecule has 0 saturated carbocycles. The summed E-state index contributed by atoms with van der Waals surface area (Å²) in [4.78, 5) is 21.8. The number of likely N-dealkylation sites (N-methyl/N-ethyl adjacent to an activating group) is 1. The van der Waals surface area contributed by atoms with Crippen LogP contribution in [0.2, 0.25) is 0 Å². The van der Waals surface area contributed by atoms with Gasteiger partial charge in [0, 0.05) is 49.5 Å². The molecule has 1 aromatic carbocycles. The minimum Gasteiger partial charge on any atom is -0.493 e. The average Bonchev–Trinajstić information content (AvgIpc) is 3.58. The van der Waals surface area contributed by atoms with E-state index in [0.717, 1.165) is 75.1 Å². The van der Waals surface area contributed by atoms with Crippen molar-refractivity contribution in [3.05, 3.63) is 52.5 Å². The molecule has 0 amide bonds. The minimum atomic E-state index is -0.985. The zero-order chi connectivity index (χ0) is 29.9. The first-order valence-electron chi connectivity index (χ1n) is 15.6. The third kappa shape index (κ3) is 6.74. The summed E-state index contributed by atoms with van der Waals surface area (Å²) in [5, 5.41) is 13.8. The molecule has 0 spiro atoms. The monoisotopic (exact) mass is 582 g/mol. The lowest BCUT2D eigenvalue weighted by Gasteiger charge is -2.30. The third-order valence-corrected chi connectivity index (χ3v) is 9.53. The van der Waals surface area contributed by atoms with Crippen molar-refractivity contribution in [2.45, 2.75) is 88.8 Å². The van der Waals surface area contributed by atoms with Gasteiger partial charge in [-0.3, -0.25) is 9.69 Å². The number of rotatable bonds is 12. The summed E-state index contributed by atoms with van der Waals surface area (Å²) in [6.07, 6.45) is 8.21. The fraction of sp³-hybridized carbons (Fsp3) is 0.636. The Labute approximate surface area is 249 Å². The van der Waals surface area contributed by atoms with Crippen molar-refractivity contribution in [1.82, 2.24) is 14.8 Å². The van der Waals surface area contributed by atoms with Gasteiger partial charge in [0.1, 0.15) is 11.9 Å². The lowest BCUT2D eigenvalue weighted by atomic mass is 9.83. The van der Waals surface area contributed by atoms with Crippen LogP contribution in [0.5, 0.6) is 5.75 Å². The maximum absolute atomic E-state index is 15.3. The maximum atomic E-state index is 15.3. The van der Waals surface area contributed by atoms with Crippen LogP contribution < -0.4 is 10.1 Å². The van der Waals surface area contributed by atoms with Crippen molar-refractivity contribution in [2.24, 2.45) is 0 Å². The molecule has 2 aromatic rings. The largest absolute Gasteiger partial charge is 0.493 e. The Morgan fingerprint density at radius 1 is 1.29 bits per heavy atom. The number of carbonyl (C=O) groups is 1. The smallest absolute Gasteiger partial charge is 0.325 e. The summed E-state index contributed by atoms with van der Waals surface area (Å²) < 4.78 is 26.6. The predicted molar refractivity (Wildman–Crippen MR) is 162 cm³/mol. The number of anilines is 1. The van der Waals surface area contributed by atoms with Crippen molar-refractivity contribution in [2.75, 3.05) is 52.3 Å². The zero-order valence-corrected chi connectivity index (χ0v) is 25.6. The Morgan fingerprint density at radius 3 is 2.86 bits per heavy atom. The highest BCUT2D eigenvalue weighted by Gasteiger charge is 2.40. The number of hydrogen-bond acceptors (Lipinski definition) is 7. The van der Waals surface area contributed by atoms with Crippen LogP contribution in [-0.4, -0.2) is 84.4 Å². The number of likely N-dealkylation sites (tertiary alicyclic amines) is 1. The first-order valence-corrected chi connectivity index (χ1v) is 15.6. The molecule has 0 aliphatic carbocycles. The van der Waals surface area contributed by atoms with Crippen LogP contribution in [-0.2, 0) is 22.4 Å². The van der Waals surface area contributed by atoms with E-state index < -0.39 is 23.4 Å². The number of methoxy groups -OCH3 is 1. The SMILES string of the molecule is COc1c(F)cc(C2CCOC2(C)C)cc1[C@H](C(=O)O)N1CC[C@@H](N(C)CCCCCc2ccc3c(n2)NCCC3)C1. The van der Waals surface area contributed by atoms with Crippen LogP contribution in [0.25, 0.3) is 0 Å². The number of hydrogen-bond donors (Lipinski definition) is 2. The summed E-state index contributed by atoms with van der Waals surface area (Å²) in [6, 6.07) is 6.99. The Hall–Kier alpha value is -2.75. The number of benzene rings is 1. The summed E-state index contributed by atoms with van der Waals surface area (Å²) in [6.45, 7) is 7.83. The number of aliphatic carboxylic acids is 1. The van der Waals surface area contributed by atoms with Crippen molar-refractivity contribution < 1.29 is 23.8 Å². The van der Waals surface area contributed by atoms with Crippen molar-refractivity contribution in [1.29, 1.82) is 0 Å². The number of pyridine rings is 1. The normalized spacial score (nSPS) is 22.6. The predicted octanol–water partition coefficient (Wildman–Crippen LogP) is 5.41. The molecule has 8 nitrogen and oxygen atoms in total. The number of unbranched alkanes of at least 4 members (excludes halogenated alkanes) is 2. The minimum absolute atomic E-state index is 0.0109. The van der Waals surface area contributed by atoms with E-state index in [1.807, 2.05) is 24.8 Å². The number of aryl methyl sites for hydroxylation is 2. The van der Waals surface area contributed by atoms with Gasteiger partial charge in [0.15, 0.2) is 11.6 Å². The van der Waals surface area contributed by atoms with Gasteiger partial charge in [0.05, 0.1) is 12.7 Å². The Balaban J connectivity index is 1.17. The molecular formula is C33H47FN4O4. The van der Waals surface area contributed by atoms with Gasteiger partial charge in [-0.05, 0) is 102 Å². The molecular weight excluding hydrogens is 535 g/mol. The number of ether oxygens (including phenoxy) is 2. The van der Waals surface area contributed by atoms with Gasteiger partial charge in [-0.25, -0.2) is 9.37 Å². The number of carboxylic acids is 1. The summed E-state index contributed by atoms with van der Waals surface area (Å²) in [5.41, 5.74) is 3.20. The van der Waals surface area contributed by atoms with Crippen LogP contribution >= 0.6 is 0 Å². The number of carboxylic acid groups (broad SMARTS) is 1. The molecule has 0 radical (unpaired) electrons. The maximum Gasteiger partial charge on any atom is 0.325 e. The third-order valence-electron chi connectivity index (χ3n) is 9.53. The molecule has 5 rings (SSSR count). The Bertz CT molecular complexity index is 1250. The zero-order valence-electron chi connectivity index (χ0n) is 25.6. The quantitative estimate of drug-likeness (QED) is 0.321. The fourth-order valence-electron chi connectivity index (χ4n) is 7.10. The molecule has 4 heterocycles. The highest BCUT2D eigenvalue weighted by Crippen LogP contribution is 2.43. The number of nitrogens with one attached hydrogen (secondary N) is 1. The van der Waals surface area contributed by atoms with Gasteiger partial charge in [0.2, 0.25) is 0 Å². The lowest BCUT2D eigenvalue weighted by molar-refractivity contribution is -0.143. The fourth-order valence-corrected chi connectivity index (χ4v) is 7.10. The second-order valence-electron chi connectivity index (χ2n) is 12.7. The van der Waals surface area contributed by atoms with Gasteiger partial charge in [0.25, 0.3) is 0 Å². The van der Waals surface area contributed by atoms with E-state index in [0.29, 0.717) is 25.3 Å². The molecule has 2 fully saturated rings. The molecule has 42 heavy (non-hydrogen) atoms. The topological polar surface area (TPSA) is 87.2 Å². The Morgan fingerprint density at radius 2 is 2.12 bits per heavy atom. The number of nitrogens with zero attached hydrogens (tertiary/aromatic N) is 3. The van der Waals surface area contributed by atoms with E-state index >= 15 is 4.39 Å². The van der Waals surface area contributed by atoms with Crippen LogP contribution in [0.15, 0.2) is 24.3 Å². The van der Waals surface area contributed by atoms with Gasteiger partial charge in [-0.1, -0.05) is 12.5 Å². The summed E-state index contributed by atoms with van der Waals surface area (Å²) in [5.74, 6) is -0.436. The van der Waals surface area contributed by atoms with Crippen LogP contribution in [0.1, 0.15) is 86.7 Å². The first kappa shape index (κ1) is 30.7. The molecule has 3 aliphatic rings. The highest BCUT2D eigenvalue weighted by atomic mass is 19.1. The van der Waals surface area contributed by atoms with Crippen molar-refractivity contribution in [3.8, 4) is 5.75 Å². The molecule has 3 atom stereocenters. The second kappa shape index (κ2) is 13.3. The van der Waals surface area contributed by atoms with Gasteiger partial charge in [-0.15, -0.1) is 0 Å². The van der Waals surface area contributed by atoms with E-state index in [1.54, 1.807) is 0 Å². The molecule has 9 heteroatoms. The first-order chi connectivity index (χ1) is 20.2. The number of halogens is 1. The van der Waals surface area contributed by atoms with E-state index in [2.05, 4.69) is 29.4 Å². The highest BCUT2D eigenvalue weighted by molar-refractivity contribution is 5.77. The molecule has 2 saturated heterocycles. The Kier molecular flexibility index (Phi) is 9.70. The van der Waals surface area contributed by atoms with E-state index in [-0.39, 0.29) is 17.7 Å². The molecule has 0 bridgehead atoms. The van der Waals surface area contributed by atoms with Gasteiger partial charge in [-0.2, -0.15) is 0 Å². The standard InChI is InChI=1S/C33H47FN4O4/c1-33(2)27(14-18-42-33)23-19-26(30(41-4)28(34)20-23)29(32(39)40)38-17-13-25(21-38)37(3)16-7-5-6-10-24-12-11-22-9-8-15-35-31(22)36-24/h11-12,19-20,25,27,29H,5-10,13-18,21H2,1-4H3,(H,35,36)(H,39,40)/t25-,27?,29-/m1/s1. The molecule has 1 aromatic heterocycles. The van der Waals surface area contributed by atoms with E-state index in [4.69, 9.17) is 14.5 Å². The molecule has 3 aliphatic heterocycles. The number of aromatic nitrogens is 1. The van der Waals surface area contributed by atoms with E-state index in [1.165, 1.54) is 25.2 Å². The number of fused-ring (bicyclic) bond motifs is 1. The molecule has 230 valence electrons. The summed E-state index contributed by atoms with van der Waals surface area (Å²) >= 11 is 0. The van der Waals surface area contributed by atoms with Crippen LogP contribution in [0, 0.1) is 5.82 Å². The van der Waals surface area contributed by atoms with Crippen LogP contribution in [0.4, 0.5) is 10.2 Å². The van der Waals surface area contributed by atoms with Gasteiger partial charge >= 0.3 is 5.97 Å². The van der Waals surface area contributed by atoms with Gasteiger partial charge < -0.3 is 24.8 Å².